The number of ether oxygens (including phenoxy) is 1. The van der Waals surface area contributed by atoms with Crippen molar-refractivity contribution >= 4 is 0 Å². The van der Waals surface area contributed by atoms with Crippen LogP contribution in [0.4, 0.5) is 0 Å². The molecule has 0 radical (unpaired) electrons. The zero-order chi connectivity index (χ0) is 10.4. The molecule has 0 N–H and O–H groups in total. The molecule has 1 fully saturated rings. The van der Waals surface area contributed by atoms with E-state index in [2.05, 4.69) is 13.0 Å². The summed E-state index contributed by atoms with van der Waals surface area (Å²) in [5.74, 6) is 1.88. The molecule has 1 aliphatic carbocycles. The maximum Gasteiger partial charge on any atom is 0.122 e. The van der Waals surface area contributed by atoms with Gasteiger partial charge in [0.2, 0.25) is 0 Å². The van der Waals surface area contributed by atoms with Gasteiger partial charge in [-0.1, -0.05) is 32.0 Å². The summed E-state index contributed by atoms with van der Waals surface area (Å²) >= 11 is 0. The predicted molar refractivity (Wildman–Crippen MR) is 60.7 cm³/mol. The Hall–Kier alpha value is -0.980. The van der Waals surface area contributed by atoms with Crippen LogP contribution in [0.5, 0.6) is 5.75 Å². The largest absolute Gasteiger partial charge is 0.493 e. The SMILES string of the molecule is CC.Cc1ccccc1OCC1CC1. The number of rotatable bonds is 3. The van der Waals surface area contributed by atoms with Crippen LogP contribution in [0.3, 0.4) is 0 Å². The lowest BCUT2D eigenvalue weighted by atomic mass is 10.2. The Morgan fingerprint density at radius 3 is 2.43 bits per heavy atom. The Morgan fingerprint density at radius 2 is 1.86 bits per heavy atom. The van der Waals surface area contributed by atoms with E-state index < -0.39 is 0 Å². The summed E-state index contributed by atoms with van der Waals surface area (Å²) in [5, 5.41) is 0. The van der Waals surface area contributed by atoms with Gasteiger partial charge in [-0.3, -0.25) is 0 Å². The second-order valence-electron chi connectivity index (χ2n) is 3.52. The minimum absolute atomic E-state index is 0.838. The molecule has 1 heteroatoms. The average molecular weight is 192 g/mol. The van der Waals surface area contributed by atoms with Crippen molar-refractivity contribution in [2.75, 3.05) is 6.61 Å². The maximum atomic E-state index is 5.66. The first-order valence-electron chi connectivity index (χ1n) is 5.54. The average Bonchev–Trinajstić information content (AvgIpc) is 3.04. The molecule has 1 aliphatic rings. The third kappa shape index (κ3) is 3.41. The Labute approximate surface area is 87.1 Å². The van der Waals surface area contributed by atoms with E-state index in [1.165, 1.54) is 18.4 Å². The highest BCUT2D eigenvalue weighted by Gasteiger charge is 2.21. The van der Waals surface area contributed by atoms with E-state index >= 15 is 0 Å². The predicted octanol–water partition coefficient (Wildman–Crippen LogP) is 3.81. The standard InChI is InChI=1S/C11H14O.C2H6/c1-9-4-2-3-5-11(9)12-8-10-6-7-10;1-2/h2-5,10H,6-8H2,1H3;1-2H3. The summed E-state index contributed by atoms with van der Waals surface area (Å²) in [6, 6.07) is 8.19. The van der Waals surface area contributed by atoms with Crippen molar-refractivity contribution in [2.24, 2.45) is 5.92 Å². The normalized spacial score (nSPS) is 14.2. The summed E-state index contributed by atoms with van der Waals surface area (Å²) < 4.78 is 5.66. The molecule has 0 aliphatic heterocycles. The van der Waals surface area contributed by atoms with Crippen LogP contribution in [0.25, 0.3) is 0 Å². The first-order valence-corrected chi connectivity index (χ1v) is 5.54. The molecule has 1 nitrogen and oxygen atoms in total. The number of aryl methyl sites for hydroxylation is 1. The quantitative estimate of drug-likeness (QED) is 0.707. The lowest BCUT2D eigenvalue weighted by molar-refractivity contribution is 0.298. The van der Waals surface area contributed by atoms with E-state index in [9.17, 15) is 0 Å². The molecule has 0 heterocycles. The van der Waals surface area contributed by atoms with Gasteiger partial charge in [0.15, 0.2) is 0 Å². The highest BCUT2D eigenvalue weighted by Crippen LogP contribution is 2.30. The molecule has 1 saturated carbocycles. The van der Waals surface area contributed by atoms with Gasteiger partial charge in [0.1, 0.15) is 5.75 Å². The van der Waals surface area contributed by atoms with E-state index in [-0.39, 0.29) is 0 Å². The van der Waals surface area contributed by atoms with E-state index in [0.717, 1.165) is 18.3 Å². The Morgan fingerprint density at radius 1 is 1.21 bits per heavy atom. The van der Waals surface area contributed by atoms with E-state index in [1.807, 2.05) is 32.0 Å². The second kappa shape index (κ2) is 5.69. The molecule has 78 valence electrons. The Balaban J connectivity index is 0.000000461. The molecular weight excluding hydrogens is 172 g/mol. The number of hydrogen-bond donors (Lipinski definition) is 0. The van der Waals surface area contributed by atoms with Gasteiger partial charge < -0.3 is 4.74 Å². The van der Waals surface area contributed by atoms with Gasteiger partial charge in [0, 0.05) is 0 Å². The van der Waals surface area contributed by atoms with Crippen molar-refractivity contribution < 1.29 is 4.74 Å². The summed E-state index contributed by atoms with van der Waals surface area (Å²) in [4.78, 5) is 0. The molecule has 1 aromatic carbocycles. The molecule has 0 amide bonds. The van der Waals surface area contributed by atoms with Crippen molar-refractivity contribution in [3.05, 3.63) is 29.8 Å². The van der Waals surface area contributed by atoms with Crippen LogP contribution in [0.1, 0.15) is 32.3 Å². The van der Waals surface area contributed by atoms with Crippen LogP contribution in [-0.2, 0) is 0 Å². The van der Waals surface area contributed by atoms with Crippen molar-refractivity contribution in [3.8, 4) is 5.75 Å². The van der Waals surface area contributed by atoms with Gasteiger partial charge in [-0.15, -0.1) is 0 Å². The number of hydrogen-bond acceptors (Lipinski definition) is 1. The fraction of sp³-hybridized carbons (Fsp3) is 0.538. The molecule has 0 aromatic heterocycles. The molecule has 0 saturated heterocycles. The zero-order valence-corrected chi connectivity index (χ0v) is 9.42. The summed E-state index contributed by atoms with van der Waals surface area (Å²) in [7, 11) is 0. The summed E-state index contributed by atoms with van der Waals surface area (Å²) in [5.41, 5.74) is 1.23. The fourth-order valence-electron chi connectivity index (χ4n) is 1.21. The van der Waals surface area contributed by atoms with Crippen molar-refractivity contribution in [3.63, 3.8) is 0 Å². The Kier molecular flexibility index (Phi) is 4.51. The monoisotopic (exact) mass is 192 g/mol. The first kappa shape index (κ1) is 11.1. The Bertz CT molecular complexity index is 264. The van der Waals surface area contributed by atoms with Crippen molar-refractivity contribution in [1.82, 2.24) is 0 Å². The second-order valence-corrected chi connectivity index (χ2v) is 3.52. The van der Waals surface area contributed by atoms with E-state index in [0.29, 0.717) is 0 Å². The highest BCUT2D eigenvalue weighted by atomic mass is 16.5. The molecule has 0 spiro atoms. The number of benzene rings is 1. The van der Waals surface area contributed by atoms with Gasteiger partial charge in [0.05, 0.1) is 6.61 Å². The lowest BCUT2D eigenvalue weighted by Crippen LogP contribution is -1.99. The highest BCUT2D eigenvalue weighted by molar-refractivity contribution is 5.31. The third-order valence-electron chi connectivity index (χ3n) is 2.27. The summed E-state index contributed by atoms with van der Waals surface area (Å²) in [6.07, 6.45) is 2.71. The fourth-order valence-corrected chi connectivity index (χ4v) is 1.21. The van der Waals surface area contributed by atoms with Gasteiger partial charge in [0.25, 0.3) is 0 Å². The molecule has 0 atom stereocenters. The van der Waals surface area contributed by atoms with Gasteiger partial charge >= 0.3 is 0 Å². The maximum absolute atomic E-state index is 5.66. The molecule has 0 unspecified atom stereocenters. The third-order valence-corrected chi connectivity index (χ3v) is 2.27. The van der Waals surface area contributed by atoms with Crippen LogP contribution < -0.4 is 4.74 Å². The van der Waals surface area contributed by atoms with Crippen molar-refractivity contribution in [1.29, 1.82) is 0 Å². The van der Waals surface area contributed by atoms with Crippen LogP contribution in [0.2, 0.25) is 0 Å². The van der Waals surface area contributed by atoms with E-state index in [1.54, 1.807) is 0 Å². The van der Waals surface area contributed by atoms with Crippen LogP contribution >= 0.6 is 0 Å². The molecule has 14 heavy (non-hydrogen) atoms. The van der Waals surface area contributed by atoms with Gasteiger partial charge in [-0.05, 0) is 37.3 Å². The summed E-state index contributed by atoms with van der Waals surface area (Å²) in [6.45, 7) is 6.99. The molecule has 1 aromatic rings. The van der Waals surface area contributed by atoms with Crippen molar-refractivity contribution in [2.45, 2.75) is 33.6 Å². The topological polar surface area (TPSA) is 9.23 Å². The molecule has 0 bridgehead atoms. The van der Waals surface area contributed by atoms with Gasteiger partial charge in [-0.25, -0.2) is 0 Å². The minimum atomic E-state index is 0.838. The van der Waals surface area contributed by atoms with Crippen LogP contribution in [0, 0.1) is 12.8 Å². The van der Waals surface area contributed by atoms with Crippen LogP contribution in [-0.4, -0.2) is 6.61 Å². The lowest BCUT2D eigenvalue weighted by Gasteiger charge is -2.06. The molecular formula is C13H20O. The zero-order valence-electron chi connectivity index (χ0n) is 9.42. The smallest absolute Gasteiger partial charge is 0.122 e. The minimum Gasteiger partial charge on any atom is -0.493 e. The van der Waals surface area contributed by atoms with Gasteiger partial charge in [-0.2, -0.15) is 0 Å². The van der Waals surface area contributed by atoms with E-state index in [4.69, 9.17) is 4.74 Å². The first-order chi connectivity index (χ1) is 6.86. The van der Waals surface area contributed by atoms with Crippen LogP contribution in [0.15, 0.2) is 24.3 Å². The number of para-hydroxylation sites is 1. The molecule has 2 rings (SSSR count).